The molecular weight excluding hydrogens is 374 g/mol. The average molecular weight is 397 g/mol. The van der Waals surface area contributed by atoms with Gasteiger partial charge in [0.15, 0.2) is 6.61 Å². The van der Waals surface area contributed by atoms with E-state index in [-0.39, 0.29) is 12.5 Å². The molecule has 1 heterocycles. The quantitative estimate of drug-likeness (QED) is 0.352. The first kappa shape index (κ1) is 20.0. The lowest BCUT2D eigenvalue weighted by Gasteiger charge is -2.11. The zero-order chi connectivity index (χ0) is 19.9. The number of hydrogen-bond acceptors (Lipinski definition) is 5. The molecule has 3 rings (SSSR count). The van der Waals surface area contributed by atoms with Gasteiger partial charge in [0.25, 0.3) is 5.91 Å². The largest absolute Gasteiger partial charge is 0.483 e. The molecule has 3 aromatic rings. The second-order valence-corrected chi connectivity index (χ2v) is 7.64. The van der Waals surface area contributed by atoms with Gasteiger partial charge in [-0.2, -0.15) is 0 Å². The predicted octanol–water partition coefficient (Wildman–Crippen LogP) is 4.09. The number of hydrogen-bond donors (Lipinski definition) is 1. The van der Waals surface area contributed by atoms with E-state index < -0.39 is 5.63 Å². The summed E-state index contributed by atoms with van der Waals surface area (Å²) in [5.41, 5.74) is 1.68. The maximum Gasteiger partial charge on any atom is 0.336 e. The fourth-order valence-corrected chi connectivity index (χ4v) is 3.73. The Labute approximate surface area is 168 Å². The Balaban J connectivity index is 1.47. The molecule has 0 saturated heterocycles. The molecule has 2 aromatic carbocycles. The van der Waals surface area contributed by atoms with Crippen LogP contribution in [-0.4, -0.2) is 24.8 Å². The molecule has 0 atom stereocenters. The minimum absolute atomic E-state index is 0.0752. The van der Waals surface area contributed by atoms with E-state index >= 15 is 0 Å². The zero-order valence-electron chi connectivity index (χ0n) is 16.0. The topological polar surface area (TPSA) is 68.5 Å². The van der Waals surface area contributed by atoms with Crippen LogP contribution in [0.4, 0.5) is 0 Å². The Morgan fingerprint density at radius 1 is 1.14 bits per heavy atom. The lowest BCUT2D eigenvalue weighted by atomic mass is 10.1. The minimum Gasteiger partial charge on any atom is -0.483 e. The number of thioether (sulfide) groups is 1. The highest BCUT2D eigenvalue weighted by atomic mass is 32.2. The van der Waals surface area contributed by atoms with Crippen LogP contribution in [0.1, 0.15) is 17.5 Å². The molecule has 1 aromatic heterocycles. The van der Waals surface area contributed by atoms with Gasteiger partial charge in [-0.1, -0.05) is 18.2 Å². The summed E-state index contributed by atoms with van der Waals surface area (Å²) in [5.74, 6) is 1.30. The van der Waals surface area contributed by atoms with Crippen molar-refractivity contribution < 1.29 is 13.9 Å². The molecule has 0 unspecified atom stereocenters. The van der Waals surface area contributed by atoms with Crippen molar-refractivity contribution in [3.8, 4) is 5.75 Å². The van der Waals surface area contributed by atoms with E-state index in [0.717, 1.165) is 23.1 Å². The van der Waals surface area contributed by atoms with Crippen LogP contribution in [0, 0.1) is 13.8 Å². The number of rotatable bonds is 8. The fraction of sp³-hybridized carbons (Fsp3) is 0.273. The SMILES string of the molecule is Cc1cc(=O)oc2c(C)c(OCC(=O)NCCCSc3ccccc3)ccc12. The number of fused-ring (bicyclic) bond motifs is 1. The number of carbonyl (C=O) groups excluding carboxylic acids is 1. The monoisotopic (exact) mass is 397 g/mol. The second-order valence-electron chi connectivity index (χ2n) is 6.47. The van der Waals surface area contributed by atoms with Gasteiger partial charge in [0, 0.05) is 28.5 Å². The normalized spacial score (nSPS) is 10.8. The minimum atomic E-state index is -0.392. The predicted molar refractivity (Wildman–Crippen MR) is 112 cm³/mol. The standard InChI is InChI=1S/C22H23NO4S/c1-15-13-21(25)27-22-16(2)19(10-9-18(15)22)26-14-20(24)23-11-6-12-28-17-7-4-3-5-8-17/h3-5,7-10,13H,6,11-12,14H2,1-2H3,(H,23,24). The van der Waals surface area contributed by atoms with Crippen molar-refractivity contribution >= 4 is 28.6 Å². The van der Waals surface area contributed by atoms with E-state index in [0.29, 0.717) is 23.4 Å². The van der Waals surface area contributed by atoms with Gasteiger partial charge < -0.3 is 14.5 Å². The summed E-state index contributed by atoms with van der Waals surface area (Å²) < 4.78 is 10.9. The molecule has 6 heteroatoms. The van der Waals surface area contributed by atoms with E-state index in [1.807, 2.05) is 38.1 Å². The molecule has 146 valence electrons. The maximum atomic E-state index is 12.0. The Kier molecular flexibility index (Phi) is 6.76. The zero-order valence-corrected chi connectivity index (χ0v) is 16.8. The summed E-state index contributed by atoms with van der Waals surface area (Å²) >= 11 is 1.77. The highest BCUT2D eigenvalue weighted by molar-refractivity contribution is 7.99. The number of nitrogens with one attached hydrogen (secondary N) is 1. The van der Waals surface area contributed by atoms with Crippen LogP contribution in [0.2, 0.25) is 0 Å². The van der Waals surface area contributed by atoms with Crippen LogP contribution in [0.5, 0.6) is 5.75 Å². The van der Waals surface area contributed by atoms with Crippen molar-refractivity contribution in [1.82, 2.24) is 5.32 Å². The van der Waals surface area contributed by atoms with Crippen LogP contribution in [-0.2, 0) is 4.79 Å². The fourth-order valence-electron chi connectivity index (χ4n) is 2.86. The highest BCUT2D eigenvalue weighted by Crippen LogP contribution is 2.28. The van der Waals surface area contributed by atoms with Crippen molar-refractivity contribution in [2.24, 2.45) is 0 Å². The lowest BCUT2D eigenvalue weighted by Crippen LogP contribution is -2.30. The van der Waals surface area contributed by atoms with E-state index in [1.54, 1.807) is 17.8 Å². The Bertz CT molecular complexity index is 1010. The highest BCUT2D eigenvalue weighted by Gasteiger charge is 2.11. The number of benzene rings is 2. The van der Waals surface area contributed by atoms with Gasteiger partial charge in [-0.3, -0.25) is 4.79 Å². The first-order valence-corrected chi connectivity index (χ1v) is 10.1. The molecule has 1 amide bonds. The van der Waals surface area contributed by atoms with Crippen LogP contribution in [0.25, 0.3) is 11.0 Å². The molecule has 0 aliphatic rings. The Morgan fingerprint density at radius 2 is 1.93 bits per heavy atom. The summed E-state index contributed by atoms with van der Waals surface area (Å²) in [6.45, 7) is 4.21. The molecule has 0 spiro atoms. The van der Waals surface area contributed by atoms with Crippen LogP contribution < -0.4 is 15.7 Å². The summed E-state index contributed by atoms with van der Waals surface area (Å²) in [6.07, 6.45) is 0.880. The van der Waals surface area contributed by atoms with Gasteiger partial charge in [0.1, 0.15) is 11.3 Å². The molecule has 5 nitrogen and oxygen atoms in total. The van der Waals surface area contributed by atoms with Crippen molar-refractivity contribution in [2.45, 2.75) is 25.2 Å². The summed E-state index contributed by atoms with van der Waals surface area (Å²) in [7, 11) is 0. The average Bonchev–Trinajstić information content (AvgIpc) is 2.68. The molecule has 0 fully saturated rings. The third kappa shape index (κ3) is 5.16. The maximum absolute atomic E-state index is 12.0. The van der Waals surface area contributed by atoms with Crippen molar-refractivity contribution in [3.05, 3.63) is 70.1 Å². The molecule has 0 bridgehead atoms. The molecular formula is C22H23NO4S. The van der Waals surface area contributed by atoms with Gasteiger partial charge in [-0.25, -0.2) is 4.79 Å². The summed E-state index contributed by atoms with van der Waals surface area (Å²) in [5, 5.41) is 3.73. The number of ether oxygens (including phenoxy) is 1. The molecule has 0 saturated carbocycles. The smallest absolute Gasteiger partial charge is 0.336 e. The van der Waals surface area contributed by atoms with E-state index in [9.17, 15) is 9.59 Å². The molecule has 0 radical (unpaired) electrons. The van der Waals surface area contributed by atoms with Gasteiger partial charge >= 0.3 is 5.63 Å². The van der Waals surface area contributed by atoms with Gasteiger partial charge in [-0.15, -0.1) is 11.8 Å². The second kappa shape index (κ2) is 9.46. The number of aryl methyl sites for hydroxylation is 2. The summed E-state index contributed by atoms with van der Waals surface area (Å²) in [4.78, 5) is 24.9. The first-order chi connectivity index (χ1) is 13.5. The van der Waals surface area contributed by atoms with E-state index in [1.165, 1.54) is 11.0 Å². The first-order valence-electron chi connectivity index (χ1n) is 9.16. The van der Waals surface area contributed by atoms with Crippen LogP contribution in [0.3, 0.4) is 0 Å². The van der Waals surface area contributed by atoms with Crippen molar-refractivity contribution in [3.63, 3.8) is 0 Å². The van der Waals surface area contributed by atoms with E-state index in [4.69, 9.17) is 9.15 Å². The van der Waals surface area contributed by atoms with Gasteiger partial charge in [0.05, 0.1) is 0 Å². The third-order valence-corrected chi connectivity index (χ3v) is 5.43. The molecule has 1 N–H and O–H groups in total. The van der Waals surface area contributed by atoms with E-state index in [2.05, 4.69) is 17.4 Å². The Hall–Kier alpha value is -2.73. The molecule has 0 aliphatic heterocycles. The van der Waals surface area contributed by atoms with Gasteiger partial charge in [-0.05, 0) is 55.9 Å². The third-order valence-electron chi connectivity index (χ3n) is 4.33. The lowest BCUT2D eigenvalue weighted by molar-refractivity contribution is -0.123. The number of amides is 1. The molecule has 28 heavy (non-hydrogen) atoms. The van der Waals surface area contributed by atoms with Crippen LogP contribution >= 0.6 is 11.8 Å². The van der Waals surface area contributed by atoms with Crippen LogP contribution in [0.15, 0.2) is 62.6 Å². The van der Waals surface area contributed by atoms with Crippen molar-refractivity contribution in [2.75, 3.05) is 18.9 Å². The van der Waals surface area contributed by atoms with Gasteiger partial charge in [0.2, 0.25) is 0 Å². The number of carbonyl (C=O) groups is 1. The Morgan fingerprint density at radius 3 is 2.71 bits per heavy atom. The summed E-state index contributed by atoms with van der Waals surface area (Å²) in [6, 6.07) is 15.3. The molecule has 0 aliphatic carbocycles. The van der Waals surface area contributed by atoms with Crippen molar-refractivity contribution in [1.29, 1.82) is 0 Å².